The highest BCUT2D eigenvalue weighted by Gasteiger charge is 2.23. The molecule has 0 fully saturated rings. The fraction of sp³-hybridized carbons (Fsp3) is 0. The van der Waals surface area contributed by atoms with E-state index < -0.39 is 0 Å². The molecule has 0 aliphatic carbocycles. The van der Waals surface area contributed by atoms with Gasteiger partial charge < -0.3 is 4.42 Å². The van der Waals surface area contributed by atoms with Gasteiger partial charge in [0.25, 0.3) is 0 Å². The molecule has 0 radical (unpaired) electrons. The normalized spacial score (nSPS) is 11.5. The predicted octanol–water partition coefficient (Wildman–Crippen LogP) is 14.1. The number of pyridine rings is 1. The van der Waals surface area contributed by atoms with Gasteiger partial charge in [-0.25, -0.2) is 15.0 Å². The zero-order valence-electron chi connectivity index (χ0n) is 30.8. The molecule has 0 saturated carbocycles. The summed E-state index contributed by atoms with van der Waals surface area (Å²) in [6.07, 6.45) is 0. The molecule has 0 unspecified atom stereocenters. The van der Waals surface area contributed by atoms with E-state index in [0.29, 0.717) is 5.82 Å². The Morgan fingerprint density at radius 1 is 0.298 bits per heavy atom. The number of aromatic nitrogens is 3. The van der Waals surface area contributed by atoms with Crippen molar-refractivity contribution in [2.24, 2.45) is 0 Å². The van der Waals surface area contributed by atoms with E-state index in [1.54, 1.807) is 0 Å². The summed E-state index contributed by atoms with van der Waals surface area (Å²) in [5.74, 6) is 0.688. The number of para-hydroxylation sites is 2. The largest absolute Gasteiger partial charge is 0.456 e. The lowest BCUT2D eigenvalue weighted by Crippen LogP contribution is -2.00. The van der Waals surface area contributed by atoms with E-state index >= 15 is 0 Å². The van der Waals surface area contributed by atoms with Crippen LogP contribution in [-0.4, -0.2) is 15.0 Å². The summed E-state index contributed by atoms with van der Waals surface area (Å²) in [6, 6.07) is 69.5. The Morgan fingerprint density at radius 3 is 1.37 bits per heavy atom. The van der Waals surface area contributed by atoms with Crippen molar-refractivity contribution in [3.05, 3.63) is 200 Å². The number of rotatable bonds is 6. The molecule has 0 saturated heterocycles. The SMILES string of the molecule is c1ccc(-c2nc(-c3ccccc3)c(-c3ccc(-c4c5c(cc6c(-c7ccccc7)nc7ccccc7c46)oc4ccccc45)cc3)c(-c3ccccc3)n2)cc1. The van der Waals surface area contributed by atoms with Gasteiger partial charge in [-0.15, -0.1) is 0 Å². The minimum Gasteiger partial charge on any atom is -0.456 e. The van der Waals surface area contributed by atoms with Crippen molar-refractivity contribution in [3.8, 4) is 67.4 Å². The Balaban J connectivity index is 1.21. The van der Waals surface area contributed by atoms with Crippen LogP contribution in [-0.2, 0) is 0 Å². The topological polar surface area (TPSA) is 51.8 Å². The number of fused-ring (bicyclic) bond motifs is 6. The number of nitrogens with zero attached hydrogens (tertiary/aromatic N) is 3. The first kappa shape index (κ1) is 32.7. The van der Waals surface area contributed by atoms with Crippen LogP contribution in [0.5, 0.6) is 0 Å². The number of benzene rings is 8. The summed E-state index contributed by atoms with van der Waals surface area (Å²) in [6.45, 7) is 0. The van der Waals surface area contributed by atoms with Crippen LogP contribution < -0.4 is 0 Å². The molecule has 4 nitrogen and oxygen atoms in total. The van der Waals surface area contributed by atoms with Gasteiger partial charge in [-0.3, -0.25) is 0 Å². The van der Waals surface area contributed by atoms with Crippen molar-refractivity contribution < 1.29 is 4.42 Å². The van der Waals surface area contributed by atoms with Gasteiger partial charge in [-0.1, -0.05) is 182 Å². The molecule has 0 atom stereocenters. The number of furan rings is 1. The van der Waals surface area contributed by atoms with Crippen molar-refractivity contribution in [2.75, 3.05) is 0 Å². The van der Waals surface area contributed by atoms with Gasteiger partial charge in [0.1, 0.15) is 11.2 Å². The van der Waals surface area contributed by atoms with E-state index in [1.165, 1.54) is 0 Å². The van der Waals surface area contributed by atoms with Crippen molar-refractivity contribution >= 4 is 43.6 Å². The summed E-state index contributed by atoms with van der Waals surface area (Å²) >= 11 is 0. The number of hydrogen-bond donors (Lipinski definition) is 0. The van der Waals surface area contributed by atoms with Crippen LogP contribution in [0.15, 0.2) is 205 Å². The fourth-order valence-corrected chi connectivity index (χ4v) is 8.29. The van der Waals surface area contributed by atoms with Gasteiger partial charge in [-0.2, -0.15) is 0 Å². The van der Waals surface area contributed by atoms with E-state index in [0.717, 1.165) is 105 Å². The molecule has 11 aromatic rings. The molecular weight excluding hydrogens is 695 g/mol. The molecule has 3 heterocycles. The lowest BCUT2D eigenvalue weighted by molar-refractivity contribution is 0.669. The van der Waals surface area contributed by atoms with E-state index in [4.69, 9.17) is 19.4 Å². The molecule has 266 valence electrons. The highest BCUT2D eigenvalue weighted by Crippen LogP contribution is 2.47. The molecule has 8 aromatic carbocycles. The summed E-state index contributed by atoms with van der Waals surface area (Å²) in [5, 5.41) is 5.47. The maximum atomic E-state index is 6.65. The summed E-state index contributed by atoms with van der Waals surface area (Å²) < 4.78 is 6.65. The Bertz CT molecular complexity index is 3190. The molecule has 0 aliphatic heterocycles. The smallest absolute Gasteiger partial charge is 0.160 e. The summed E-state index contributed by atoms with van der Waals surface area (Å²) in [5.41, 5.74) is 13.6. The fourth-order valence-electron chi connectivity index (χ4n) is 8.29. The highest BCUT2D eigenvalue weighted by molar-refractivity contribution is 6.27. The van der Waals surface area contributed by atoms with Crippen LogP contribution in [0.1, 0.15) is 0 Å². The van der Waals surface area contributed by atoms with Gasteiger partial charge in [0.05, 0.1) is 22.6 Å². The summed E-state index contributed by atoms with van der Waals surface area (Å²) in [7, 11) is 0. The molecule has 4 heteroatoms. The second kappa shape index (κ2) is 13.6. The maximum Gasteiger partial charge on any atom is 0.160 e. The van der Waals surface area contributed by atoms with E-state index in [1.807, 2.05) is 42.5 Å². The highest BCUT2D eigenvalue weighted by atomic mass is 16.3. The average molecular weight is 728 g/mol. The van der Waals surface area contributed by atoms with Crippen molar-refractivity contribution in [1.82, 2.24) is 15.0 Å². The van der Waals surface area contributed by atoms with Gasteiger partial charge in [0.15, 0.2) is 5.82 Å². The molecule has 11 rings (SSSR count). The van der Waals surface area contributed by atoms with Crippen LogP contribution in [0.2, 0.25) is 0 Å². The quantitative estimate of drug-likeness (QED) is 0.160. The molecule has 3 aromatic heterocycles. The van der Waals surface area contributed by atoms with Crippen LogP contribution in [0, 0.1) is 0 Å². The van der Waals surface area contributed by atoms with E-state index in [9.17, 15) is 0 Å². The molecule has 0 aliphatic rings. The minimum atomic E-state index is 0.688. The third-order valence-electron chi connectivity index (χ3n) is 10.9. The Hall–Kier alpha value is -7.69. The third-order valence-corrected chi connectivity index (χ3v) is 10.9. The zero-order valence-corrected chi connectivity index (χ0v) is 30.8. The van der Waals surface area contributed by atoms with Crippen molar-refractivity contribution in [1.29, 1.82) is 0 Å². The van der Waals surface area contributed by atoms with Crippen LogP contribution in [0.25, 0.3) is 111 Å². The van der Waals surface area contributed by atoms with Crippen LogP contribution in [0.4, 0.5) is 0 Å². The lowest BCUT2D eigenvalue weighted by atomic mass is 9.88. The zero-order chi connectivity index (χ0) is 37.7. The maximum absolute atomic E-state index is 6.65. The number of hydrogen-bond acceptors (Lipinski definition) is 4. The first-order chi connectivity index (χ1) is 28.3. The van der Waals surface area contributed by atoms with Gasteiger partial charge in [0, 0.05) is 60.3 Å². The Labute approximate surface area is 329 Å². The molecule has 0 N–H and O–H groups in total. The van der Waals surface area contributed by atoms with Gasteiger partial charge in [-0.05, 0) is 29.3 Å². The molecule has 0 bridgehead atoms. The second-order valence-electron chi connectivity index (χ2n) is 14.3. The molecule has 0 amide bonds. The van der Waals surface area contributed by atoms with E-state index in [2.05, 4.69) is 158 Å². The van der Waals surface area contributed by atoms with Crippen LogP contribution >= 0.6 is 0 Å². The molecule has 57 heavy (non-hydrogen) atoms. The van der Waals surface area contributed by atoms with Crippen molar-refractivity contribution in [2.45, 2.75) is 0 Å². The van der Waals surface area contributed by atoms with Gasteiger partial charge in [0.2, 0.25) is 0 Å². The molecule has 0 spiro atoms. The monoisotopic (exact) mass is 727 g/mol. The Morgan fingerprint density at radius 2 is 0.772 bits per heavy atom. The lowest BCUT2D eigenvalue weighted by Gasteiger charge is -2.18. The standard InChI is InChI=1S/C53H33N3O/c1-5-17-36(18-6-1)50-42-33-45-49(41-26-14-16-28-44(41)57-45)46(48(42)40-25-13-15-27-43(40)54-50)34-29-31-35(32-30-34)47-51(37-19-7-2-8-20-37)55-53(39-23-11-4-12-24-39)56-52(47)38-21-9-3-10-22-38/h1-33H. The molecular formula is C53H33N3O. The average Bonchev–Trinajstić information content (AvgIpc) is 3.67. The van der Waals surface area contributed by atoms with Crippen LogP contribution in [0.3, 0.4) is 0 Å². The summed E-state index contributed by atoms with van der Waals surface area (Å²) in [4.78, 5) is 15.9. The Kier molecular flexibility index (Phi) is 7.78. The first-order valence-electron chi connectivity index (χ1n) is 19.2. The van der Waals surface area contributed by atoms with Crippen molar-refractivity contribution in [3.63, 3.8) is 0 Å². The van der Waals surface area contributed by atoms with E-state index in [-0.39, 0.29) is 0 Å². The third kappa shape index (κ3) is 5.58. The van der Waals surface area contributed by atoms with Gasteiger partial charge >= 0.3 is 0 Å². The minimum absolute atomic E-state index is 0.688. The predicted molar refractivity (Wildman–Crippen MR) is 235 cm³/mol. The first-order valence-corrected chi connectivity index (χ1v) is 19.2. The second-order valence-corrected chi connectivity index (χ2v) is 14.3.